The maximum Gasteiger partial charge on any atom is 0.434 e. The minimum Gasteiger partial charge on any atom is -0.478 e. The van der Waals surface area contributed by atoms with E-state index in [9.17, 15) is 18.0 Å². The van der Waals surface area contributed by atoms with Gasteiger partial charge >= 0.3 is 12.1 Å². The summed E-state index contributed by atoms with van der Waals surface area (Å²) in [6.07, 6.45) is -5.07. The van der Waals surface area contributed by atoms with E-state index >= 15 is 0 Å². The molecule has 6 nitrogen and oxygen atoms in total. The zero-order valence-corrected chi connectivity index (χ0v) is 9.48. The number of halogens is 3. The first-order valence-corrected chi connectivity index (χ1v) is 5.26. The molecule has 19 heavy (non-hydrogen) atoms. The molecule has 0 aliphatic carbocycles. The number of rotatable bonds is 2. The standard InChI is InChI=1S/C10H9F3N2O4/c11-10(12,13)7-5(9(16)17)3-14-8(15-7)6-4-18-1-2-19-6/h3,6H,1-2,4H2,(H,16,17). The molecule has 0 bridgehead atoms. The molecule has 1 unspecified atom stereocenters. The molecule has 104 valence electrons. The van der Waals surface area contributed by atoms with E-state index in [0.29, 0.717) is 12.8 Å². The Morgan fingerprint density at radius 3 is 2.68 bits per heavy atom. The fourth-order valence-corrected chi connectivity index (χ4v) is 1.56. The van der Waals surface area contributed by atoms with Crippen molar-refractivity contribution in [3.63, 3.8) is 0 Å². The second-order valence-corrected chi connectivity index (χ2v) is 3.73. The maximum absolute atomic E-state index is 12.7. The third kappa shape index (κ3) is 2.99. The molecule has 1 aliphatic heterocycles. The van der Waals surface area contributed by atoms with Gasteiger partial charge in [-0.3, -0.25) is 0 Å². The van der Waals surface area contributed by atoms with Crippen molar-refractivity contribution >= 4 is 5.97 Å². The fraction of sp³-hybridized carbons (Fsp3) is 0.500. The Kier molecular flexibility index (Phi) is 3.67. The molecule has 0 aromatic carbocycles. The van der Waals surface area contributed by atoms with Crippen molar-refractivity contribution in [1.82, 2.24) is 9.97 Å². The van der Waals surface area contributed by atoms with E-state index < -0.39 is 29.5 Å². The summed E-state index contributed by atoms with van der Waals surface area (Å²) in [5.74, 6) is -1.98. The van der Waals surface area contributed by atoms with E-state index in [-0.39, 0.29) is 19.0 Å². The van der Waals surface area contributed by atoms with Crippen molar-refractivity contribution in [2.45, 2.75) is 12.3 Å². The lowest BCUT2D eigenvalue weighted by molar-refractivity contribution is -0.142. The molecular formula is C10H9F3N2O4. The zero-order chi connectivity index (χ0) is 14.0. The molecule has 1 fully saturated rings. The molecule has 1 aromatic heterocycles. The number of alkyl halides is 3. The smallest absolute Gasteiger partial charge is 0.434 e. The summed E-state index contributed by atoms with van der Waals surface area (Å²) in [4.78, 5) is 17.6. The highest BCUT2D eigenvalue weighted by atomic mass is 19.4. The Morgan fingerprint density at radius 2 is 2.16 bits per heavy atom. The van der Waals surface area contributed by atoms with Gasteiger partial charge in [0.25, 0.3) is 0 Å². The van der Waals surface area contributed by atoms with Gasteiger partial charge in [-0.25, -0.2) is 14.8 Å². The monoisotopic (exact) mass is 278 g/mol. The third-order valence-electron chi connectivity index (χ3n) is 2.41. The summed E-state index contributed by atoms with van der Waals surface area (Å²) in [7, 11) is 0. The van der Waals surface area contributed by atoms with Gasteiger partial charge in [0.15, 0.2) is 11.5 Å². The molecule has 1 aromatic rings. The lowest BCUT2D eigenvalue weighted by atomic mass is 10.2. The molecule has 1 N–H and O–H groups in total. The van der Waals surface area contributed by atoms with Gasteiger partial charge in [0.05, 0.1) is 19.8 Å². The lowest BCUT2D eigenvalue weighted by Gasteiger charge is -2.22. The molecule has 0 saturated carbocycles. The van der Waals surface area contributed by atoms with Crippen LogP contribution in [0.1, 0.15) is 28.0 Å². The van der Waals surface area contributed by atoms with E-state index in [1.54, 1.807) is 0 Å². The average molecular weight is 278 g/mol. The first-order chi connectivity index (χ1) is 8.89. The fourth-order valence-electron chi connectivity index (χ4n) is 1.56. The van der Waals surface area contributed by atoms with Crippen LogP contribution in [0.4, 0.5) is 13.2 Å². The number of aromatic carboxylic acids is 1. The maximum atomic E-state index is 12.7. The second kappa shape index (κ2) is 5.10. The van der Waals surface area contributed by atoms with Gasteiger partial charge in [0, 0.05) is 6.20 Å². The largest absolute Gasteiger partial charge is 0.478 e. The van der Waals surface area contributed by atoms with Crippen LogP contribution in [0, 0.1) is 0 Å². The number of ether oxygens (including phenoxy) is 2. The topological polar surface area (TPSA) is 81.5 Å². The Hall–Kier alpha value is -1.74. The summed E-state index contributed by atoms with van der Waals surface area (Å²) >= 11 is 0. The molecular weight excluding hydrogens is 269 g/mol. The minimum absolute atomic E-state index is 0.0315. The number of carbonyl (C=O) groups is 1. The second-order valence-electron chi connectivity index (χ2n) is 3.73. The van der Waals surface area contributed by atoms with Crippen molar-refractivity contribution in [1.29, 1.82) is 0 Å². The van der Waals surface area contributed by atoms with Gasteiger partial charge in [0.2, 0.25) is 0 Å². The minimum atomic E-state index is -4.87. The highest BCUT2D eigenvalue weighted by molar-refractivity contribution is 5.88. The lowest BCUT2D eigenvalue weighted by Crippen LogP contribution is -2.26. The van der Waals surface area contributed by atoms with Gasteiger partial charge in [-0.05, 0) is 0 Å². The van der Waals surface area contributed by atoms with E-state index in [2.05, 4.69) is 9.97 Å². The number of hydrogen-bond acceptors (Lipinski definition) is 5. The molecule has 1 saturated heterocycles. The highest BCUT2D eigenvalue weighted by Crippen LogP contribution is 2.31. The van der Waals surface area contributed by atoms with Gasteiger partial charge in [-0.2, -0.15) is 13.2 Å². The van der Waals surface area contributed by atoms with Gasteiger partial charge < -0.3 is 14.6 Å². The summed E-state index contributed by atoms with van der Waals surface area (Å²) in [5.41, 5.74) is -2.48. The third-order valence-corrected chi connectivity index (χ3v) is 2.41. The van der Waals surface area contributed by atoms with Gasteiger partial charge in [-0.15, -0.1) is 0 Å². The van der Waals surface area contributed by atoms with Gasteiger partial charge in [-0.1, -0.05) is 0 Å². The number of nitrogens with zero attached hydrogens (tertiary/aromatic N) is 2. The van der Waals surface area contributed by atoms with Crippen LogP contribution >= 0.6 is 0 Å². The summed E-state index contributed by atoms with van der Waals surface area (Å²) in [6.45, 7) is 0.593. The molecule has 9 heteroatoms. The van der Waals surface area contributed by atoms with Crippen LogP contribution in [-0.4, -0.2) is 40.9 Å². The van der Waals surface area contributed by atoms with Crippen LogP contribution in [0.5, 0.6) is 0 Å². The molecule has 2 rings (SSSR count). The van der Waals surface area contributed by atoms with E-state index in [1.807, 2.05) is 0 Å². The Morgan fingerprint density at radius 1 is 1.42 bits per heavy atom. The van der Waals surface area contributed by atoms with E-state index in [0.717, 1.165) is 0 Å². The molecule has 1 aliphatic rings. The summed E-state index contributed by atoms with van der Waals surface area (Å²) < 4.78 is 48.4. The Bertz CT molecular complexity index is 486. The van der Waals surface area contributed by atoms with Crippen LogP contribution in [0.25, 0.3) is 0 Å². The summed E-state index contributed by atoms with van der Waals surface area (Å²) in [6, 6.07) is 0. The van der Waals surface area contributed by atoms with Crippen molar-refractivity contribution < 1.29 is 32.5 Å². The molecule has 0 amide bonds. The number of hydrogen-bond donors (Lipinski definition) is 1. The molecule has 0 spiro atoms. The SMILES string of the molecule is O=C(O)c1cnc(C2COCCO2)nc1C(F)(F)F. The highest BCUT2D eigenvalue weighted by Gasteiger charge is 2.39. The van der Waals surface area contributed by atoms with Gasteiger partial charge in [0.1, 0.15) is 11.7 Å². The van der Waals surface area contributed by atoms with Crippen molar-refractivity contribution in [3.05, 3.63) is 23.3 Å². The normalized spacial score (nSPS) is 20.3. The number of carboxylic acid groups (broad SMARTS) is 1. The number of carboxylic acids is 1. The molecule has 0 radical (unpaired) electrons. The van der Waals surface area contributed by atoms with Crippen LogP contribution in [-0.2, 0) is 15.7 Å². The van der Waals surface area contributed by atoms with Crippen LogP contribution < -0.4 is 0 Å². The molecule has 1 atom stereocenters. The van der Waals surface area contributed by atoms with E-state index in [1.165, 1.54) is 0 Å². The first-order valence-electron chi connectivity index (χ1n) is 5.26. The predicted molar refractivity (Wildman–Crippen MR) is 53.5 cm³/mol. The first kappa shape index (κ1) is 13.7. The quantitative estimate of drug-likeness (QED) is 0.877. The van der Waals surface area contributed by atoms with Crippen molar-refractivity contribution in [3.8, 4) is 0 Å². The van der Waals surface area contributed by atoms with E-state index in [4.69, 9.17) is 14.6 Å². The molecule has 2 heterocycles. The average Bonchev–Trinajstić information content (AvgIpc) is 2.38. The summed E-state index contributed by atoms with van der Waals surface area (Å²) in [5, 5.41) is 8.69. The van der Waals surface area contributed by atoms with Crippen LogP contribution in [0.2, 0.25) is 0 Å². The predicted octanol–water partition coefficient (Wildman–Crippen LogP) is 1.28. The van der Waals surface area contributed by atoms with Crippen molar-refractivity contribution in [2.75, 3.05) is 19.8 Å². The zero-order valence-electron chi connectivity index (χ0n) is 9.48. The number of aromatic nitrogens is 2. The van der Waals surface area contributed by atoms with Crippen LogP contribution in [0.15, 0.2) is 6.20 Å². The van der Waals surface area contributed by atoms with Crippen LogP contribution in [0.3, 0.4) is 0 Å². The van der Waals surface area contributed by atoms with Crippen molar-refractivity contribution in [2.24, 2.45) is 0 Å². The Balaban J connectivity index is 2.40. The Labute approximate surface area is 105 Å².